The van der Waals surface area contributed by atoms with Gasteiger partial charge >= 0.3 is 6.18 Å². The van der Waals surface area contributed by atoms with Gasteiger partial charge in [0.2, 0.25) is 0 Å². The van der Waals surface area contributed by atoms with Crippen molar-refractivity contribution >= 4 is 29.1 Å². The molecule has 1 aromatic carbocycles. The van der Waals surface area contributed by atoms with Crippen LogP contribution in [-0.2, 0) is 6.18 Å². The quantitative estimate of drug-likeness (QED) is 0.775. The maximum absolute atomic E-state index is 12.8. The lowest BCUT2D eigenvalue weighted by atomic mass is 10.1. The minimum Gasteiger partial charge on any atom is -0.350 e. The summed E-state index contributed by atoms with van der Waals surface area (Å²) >= 11 is 5.87. The van der Waals surface area contributed by atoms with Crippen molar-refractivity contribution in [3.63, 3.8) is 0 Å². The summed E-state index contributed by atoms with van der Waals surface area (Å²) in [4.78, 5) is 28.3. The molecule has 27 heavy (non-hydrogen) atoms. The molecule has 0 saturated heterocycles. The van der Waals surface area contributed by atoms with Crippen LogP contribution in [0.5, 0.6) is 0 Å². The Labute approximate surface area is 158 Å². The molecule has 2 aromatic rings. The second kappa shape index (κ2) is 8.39. The second-order valence-electron chi connectivity index (χ2n) is 5.86. The number of carbonyl (C=O) groups excluding carboxylic acids is 2. The summed E-state index contributed by atoms with van der Waals surface area (Å²) in [6.07, 6.45) is -2.57. The van der Waals surface area contributed by atoms with Gasteiger partial charge in [0.05, 0.1) is 16.3 Å². The topological polar surface area (TPSA) is 71.1 Å². The highest BCUT2D eigenvalue weighted by Gasteiger charge is 2.31. The zero-order valence-electron chi connectivity index (χ0n) is 14.5. The average molecular weight is 400 g/mol. The van der Waals surface area contributed by atoms with E-state index in [0.29, 0.717) is 0 Å². The number of benzene rings is 1. The molecule has 2 amide bonds. The Hall–Kier alpha value is -2.61. The highest BCUT2D eigenvalue weighted by molar-refractivity contribution is 6.34. The number of amides is 2. The van der Waals surface area contributed by atoms with Gasteiger partial charge in [0.15, 0.2) is 0 Å². The first kappa shape index (κ1) is 20.7. The number of hydrogen-bond acceptors (Lipinski definition) is 3. The van der Waals surface area contributed by atoms with Gasteiger partial charge < -0.3 is 10.6 Å². The van der Waals surface area contributed by atoms with Gasteiger partial charge in [0, 0.05) is 17.8 Å². The number of alkyl halides is 3. The Kier molecular flexibility index (Phi) is 6.43. The Morgan fingerprint density at radius 2 is 1.89 bits per heavy atom. The third-order valence-corrected chi connectivity index (χ3v) is 4.12. The predicted octanol–water partition coefficient (Wildman–Crippen LogP) is 4.53. The number of anilines is 1. The van der Waals surface area contributed by atoms with Gasteiger partial charge in [0.25, 0.3) is 11.8 Å². The van der Waals surface area contributed by atoms with E-state index in [1.165, 1.54) is 18.3 Å². The van der Waals surface area contributed by atoms with Crippen LogP contribution in [0.1, 0.15) is 46.7 Å². The summed E-state index contributed by atoms with van der Waals surface area (Å²) in [7, 11) is 0. The van der Waals surface area contributed by atoms with Crippen LogP contribution in [0.15, 0.2) is 36.5 Å². The molecule has 2 rings (SSSR count). The Balaban J connectivity index is 2.22. The van der Waals surface area contributed by atoms with Crippen molar-refractivity contribution in [1.82, 2.24) is 10.3 Å². The standard InChI is InChI=1S/C18H17ClF3N3O2/c1-3-10(2)24-16(26)11-6-7-23-15(8-11)17(27)25-14-9-12(18(20,21)22)4-5-13(14)19/h4-10H,3H2,1-2H3,(H,24,26)(H,25,27). The van der Waals surface area contributed by atoms with Crippen molar-refractivity contribution in [2.24, 2.45) is 0 Å². The second-order valence-corrected chi connectivity index (χ2v) is 6.27. The molecule has 0 saturated carbocycles. The van der Waals surface area contributed by atoms with Gasteiger partial charge in [-0.1, -0.05) is 18.5 Å². The molecule has 1 atom stereocenters. The summed E-state index contributed by atoms with van der Waals surface area (Å²) in [5.41, 5.74) is -1.06. The molecule has 0 aliphatic heterocycles. The Morgan fingerprint density at radius 1 is 1.19 bits per heavy atom. The molecule has 0 fully saturated rings. The van der Waals surface area contributed by atoms with Crippen LogP contribution in [0.25, 0.3) is 0 Å². The molecule has 144 valence electrons. The largest absolute Gasteiger partial charge is 0.416 e. The van der Waals surface area contributed by atoms with Gasteiger partial charge in [-0.3, -0.25) is 14.6 Å². The van der Waals surface area contributed by atoms with E-state index in [1.807, 2.05) is 13.8 Å². The van der Waals surface area contributed by atoms with Crippen LogP contribution >= 0.6 is 11.6 Å². The number of rotatable bonds is 5. The van der Waals surface area contributed by atoms with Crippen LogP contribution in [-0.4, -0.2) is 22.8 Å². The maximum atomic E-state index is 12.8. The first-order valence-electron chi connectivity index (χ1n) is 8.06. The smallest absolute Gasteiger partial charge is 0.350 e. The third-order valence-electron chi connectivity index (χ3n) is 3.79. The average Bonchev–Trinajstić information content (AvgIpc) is 2.62. The highest BCUT2D eigenvalue weighted by Crippen LogP contribution is 2.33. The normalized spacial score (nSPS) is 12.4. The fraction of sp³-hybridized carbons (Fsp3) is 0.278. The van der Waals surface area contributed by atoms with Crippen molar-refractivity contribution < 1.29 is 22.8 Å². The number of nitrogens with one attached hydrogen (secondary N) is 2. The summed E-state index contributed by atoms with van der Waals surface area (Å²) in [6, 6.07) is 5.24. The number of nitrogens with zero attached hydrogens (tertiary/aromatic N) is 1. The van der Waals surface area contributed by atoms with Crippen molar-refractivity contribution in [1.29, 1.82) is 0 Å². The maximum Gasteiger partial charge on any atom is 0.416 e. The summed E-state index contributed by atoms with van der Waals surface area (Å²) in [6.45, 7) is 3.75. The molecule has 1 heterocycles. The molecule has 1 aromatic heterocycles. The number of halogens is 4. The molecular weight excluding hydrogens is 383 g/mol. The zero-order valence-corrected chi connectivity index (χ0v) is 15.3. The van der Waals surface area contributed by atoms with Crippen LogP contribution in [0.3, 0.4) is 0 Å². The first-order chi connectivity index (χ1) is 12.6. The van der Waals surface area contributed by atoms with Crippen molar-refractivity contribution in [3.8, 4) is 0 Å². The van der Waals surface area contributed by atoms with Crippen LogP contribution < -0.4 is 10.6 Å². The molecular formula is C18H17ClF3N3O2. The van der Waals surface area contributed by atoms with E-state index < -0.39 is 17.6 Å². The number of hydrogen-bond donors (Lipinski definition) is 2. The predicted molar refractivity (Wildman–Crippen MR) is 95.9 cm³/mol. The van der Waals surface area contributed by atoms with E-state index in [-0.39, 0.29) is 33.9 Å². The molecule has 1 unspecified atom stereocenters. The van der Waals surface area contributed by atoms with Crippen molar-refractivity contribution in [2.75, 3.05) is 5.32 Å². The first-order valence-corrected chi connectivity index (χ1v) is 8.44. The fourth-order valence-electron chi connectivity index (χ4n) is 2.09. The molecule has 0 bridgehead atoms. The van der Waals surface area contributed by atoms with Crippen LogP contribution in [0.4, 0.5) is 18.9 Å². The lowest BCUT2D eigenvalue weighted by molar-refractivity contribution is -0.137. The third kappa shape index (κ3) is 5.43. The van der Waals surface area contributed by atoms with Gasteiger partial charge in [-0.05, 0) is 43.7 Å². The van der Waals surface area contributed by atoms with E-state index >= 15 is 0 Å². The molecule has 0 aliphatic rings. The molecule has 0 spiro atoms. The monoisotopic (exact) mass is 399 g/mol. The molecule has 5 nitrogen and oxygen atoms in total. The van der Waals surface area contributed by atoms with E-state index in [0.717, 1.165) is 24.6 Å². The minimum absolute atomic E-state index is 0.0492. The zero-order chi connectivity index (χ0) is 20.2. The Morgan fingerprint density at radius 3 is 2.52 bits per heavy atom. The lowest BCUT2D eigenvalue weighted by Crippen LogP contribution is -2.32. The summed E-state index contributed by atoms with van der Waals surface area (Å²) < 4.78 is 38.5. The van der Waals surface area contributed by atoms with Gasteiger partial charge in [-0.15, -0.1) is 0 Å². The number of aromatic nitrogens is 1. The summed E-state index contributed by atoms with van der Waals surface area (Å²) in [5.74, 6) is -1.16. The number of pyridine rings is 1. The van der Waals surface area contributed by atoms with E-state index in [9.17, 15) is 22.8 Å². The minimum atomic E-state index is -4.57. The molecule has 0 radical (unpaired) electrons. The molecule has 0 aliphatic carbocycles. The van der Waals surface area contributed by atoms with E-state index in [2.05, 4.69) is 15.6 Å². The lowest BCUT2D eigenvalue weighted by Gasteiger charge is -2.13. The summed E-state index contributed by atoms with van der Waals surface area (Å²) in [5, 5.41) is 4.99. The van der Waals surface area contributed by atoms with Gasteiger partial charge in [-0.2, -0.15) is 13.2 Å². The fourth-order valence-corrected chi connectivity index (χ4v) is 2.25. The van der Waals surface area contributed by atoms with Crippen LogP contribution in [0, 0.1) is 0 Å². The van der Waals surface area contributed by atoms with Gasteiger partial charge in [-0.25, -0.2) is 0 Å². The Bertz CT molecular complexity index is 856. The van der Waals surface area contributed by atoms with E-state index in [1.54, 1.807) is 0 Å². The molecule has 2 N–H and O–H groups in total. The number of carbonyl (C=O) groups is 2. The SMILES string of the molecule is CCC(C)NC(=O)c1ccnc(C(=O)Nc2cc(C(F)(F)F)ccc2Cl)c1. The van der Waals surface area contributed by atoms with E-state index in [4.69, 9.17) is 11.6 Å². The highest BCUT2D eigenvalue weighted by atomic mass is 35.5. The van der Waals surface area contributed by atoms with Crippen molar-refractivity contribution in [3.05, 3.63) is 58.4 Å². The van der Waals surface area contributed by atoms with Crippen molar-refractivity contribution in [2.45, 2.75) is 32.5 Å². The van der Waals surface area contributed by atoms with Gasteiger partial charge in [0.1, 0.15) is 5.69 Å². The van der Waals surface area contributed by atoms with Crippen LogP contribution in [0.2, 0.25) is 5.02 Å². The molecule has 9 heteroatoms.